The lowest BCUT2D eigenvalue weighted by molar-refractivity contribution is -0.0797. The summed E-state index contributed by atoms with van der Waals surface area (Å²) in [6.07, 6.45) is 1.24. The quantitative estimate of drug-likeness (QED) is 0.878. The van der Waals surface area contributed by atoms with Crippen molar-refractivity contribution in [3.05, 3.63) is 35.9 Å². The average molecular weight is 305 g/mol. The summed E-state index contributed by atoms with van der Waals surface area (Å²) in [7, 11) is 0. The summed E-state index contributed by atoms with van der Waals surface area (Å²) in [5, 5.41) is 20.7. The van der Waals surface area contributed by atoms with Crippen LogP contribution in [-0.2, 0) is 6.42 Å². The Kier molecular flexibility index (Phi) is 4.81. The summed E-state index contributed by atoms with van der Waals surface area (Å²) in [5.74, 6) is 0. The lowest BCUT2D eigenvalue weighted by Gasteiger charge is -2.53. The molecule has 22 heavy (non-hydrogen) atoms. The van der Waals surface area contributed by atoms with Gasteiger partial charge in [0.1, 0.15) is 0 Å². The third-order valence-electron chi connectivity index (χ3n) is 4.99. The van der Waals surface area contributed by atoms with Gasteiger partial charge in [-0.15, -0.1) is 0 Å². The predicted molar refractivity (Wildman–Crippen MR) is 86.9 cm³/mol. The zero-order valence-electron chi connectivity index (χ0n) is 13.7. The van der Waals surface area contributed by atoms with E-state index in [0.717, 1.165) is 18.4 Å². The number of hydrogen-bond donors (Lipinski definition) is 2. The van der Waals surface area contributed by atoms with Gasteiger partial charge >= 0.3 is 6.09 Å². The highest BCUT2D eigenvalue weighted by Gasteiger charge is 2.54. The Bertz CT molecular complexity index is 509. The molecule has 1 aliphatic heterocycles. The Morgan fingerprint density at radius 1 is 1.27 bits per heavy atom. The van der Waals surface area contributed by atoms with E-state index in [4.69, 9.17) is 0 Å². The SMILES string of the molecule is CC(C)(C)[C@@]1(Cc2ccccc2)[C@H](O)CCCCN1C(=O)O. The van der Waals surface area contributed by atoms with Crippen LogP contribution in [0.5, 0.6) is 0 Å². The molecule has 0 radical (unpaired) electrons. The van der Waals surface area contributed by atoms with Crippen molar-refractivity contribution in [2.24, 2.45) is 5.41 Å². The molecule has 1 aromatic rings. The number of rotatable bonds is 2. The minimum atomic E-state index is -0.938. The van der Waals surface area contributed by atoms with Crippen LogP contribution in [-0.4, -0.2) is 39.4 Å². The van der Waals surface area contributed by atoms with Gasteiger partial charge in [-0.25, -0.2) is 4.79 Å². The van der Waals surface area contributed by atoms with Crippen molar-refractivity contribution in [3.8, 4) is 0 Å². The molecule has 4 nitrogen and oxygen atoms in total. The highest BCUT2D eigenvalue weighted by Crippen LogP contribution is 2.44. The smallest absolute Gasteiger partial charge is 0.407 e. The molecule has 0 spiro atoms. The molecule has 2 N–H and O–H groups in total. The number of carbonyl (C=O) groups is 1. The lowest BCUT2D eigenvalue weighted by atomic mass is 9.65. The first-order valence-corrected chi connectivity index (χ1v) is 8.01. The van der Waals surface area contributed by atoms with Gasteiger partial charge in [-0.1, -0.05) is 51.1 Å². The van der Waals surface area contributed by atoms with Crippen molar-refractivity contribution in [2.75, 3.05) is 6.54 Å². The van der Waals surface area contributed by atoms with Crippen LogP contribution in [0.2, 0.25) is 0 Å². The number of nitrogens with zero attached hydrogens (tertiary/aromatic N) is 1. The monoisotopic (exact) mass is 305 g/mol. The minimum Gasteiger partial charge on any atom is -0.465 e. The Labute approximate surface area is 132 Å². The van der Waals surface area contributed by atoms with Gasteiger partial charge in [0, 0.05) is 6.54 Å². The van der Waals surface area contributed by atoms with Crippen LogP contribution in [0.15, 0.2) is 30.3 Å². The number of amides is 1. The summed E-state index contributed by atoms with van der Waals surface area (Å²) in [6.45, 7) is 6.57. The fraction of sp³-hybridized carbons (Fsp3) is 0.611. The second-order valence-corrected chi connectivity index (χ2v) is 7.28. The van der Waals surface area contributed by atoms with Crippen LogP contribution in [0.1, 0.15) is 45.6 Å². The van der Waals surface area contributed by atoms with Gasteiger partial charge in [-0.05, 0) is 36.7 Å². The van der Waals surface area contributed by atoms with Crippen molar-refractivity contribution in [1.82, 2.24) is 4.90 Å². The molecular formula is C18H27NO3. The second-order valence-electron chi connectivity index (χ2n) is 7.28. The van der Waals surface area contributed by atoms with E-state index in [0.29, 0.717) is 19.4 Å². The Hall–Kier alpha value is -1.55. The van der Waals surface area contributed by atoms with Gasteiger partial charge < -0.3 is 10.2 Å². The molecule has 2 atom stereocenters. The van der Waals surface area contributed by atoms with Crippen LogP contribution in [0.25, 0.3) is 0 Å². The van der Waals surface area contributed by atoms with Crippen molar-refractivity contribution in [3.63, 3.8) is 0 Å². The van der Waals surface area contributed by atoms with Crippen LogP contribution >= 0.6 is 0 Å². The summed E-state index contributed by atoms with van der Waals surface area (Å²) in [5.41, 5.74) is -0.119. The number of hydrogen-bond acceptors (Lipinski definition) is 2. The fourth-order valence-electron chi connectivity index (χ4n) is 3.78. The number of aliphatic hydroxyl groups is 1. The predicted octanol–water partition coefficient (Wildman–Crippen LogP) is 3.54. The molecule has 2 rings (SSSR count). The van der Waals surface area contributed by atoms with Crippen molar-refractivity contribution in [1.29, 1.82) is 0 Å². The zero-order chi connectivity index (χ0) is 16.4. The van der Waals surface area contributed by atoms with E-state index in [9.17, 15) is 15.0 Å². The largest absolute Gasteiger partial charge is 0.465 e. The molecular weight excluding hydrogens is 278 g/mol. The molecule has 1 saturated heterocycles. The summed E-state index contributed by atoms with van der Waals surface area (Å²) in [4.78, 5) is 13.4. The molecule has 1 amide bonds. The Balaban J connectivity index is 2.54. The van der Waals surface area contributed by atoms with E-state index < -0.39 is 17.7 Å². The normalized spacial score (nSPS) is 26.5. The molecule has 0 unspecified atom stereocenters. The van der Waals surface area contributed by atoms with Gasteiger partial charge in [0.05, 0.1) is 11.6 Å². The standard InChI is InChI=1S/C18H27NO3/c1-17(2,3)18(13-14-9-5-4-6-10-14)15(20)11-7-8-12-19(18)16(21)22/h4-6,9-10,15,20H,7-8,11-13H2,1-3H3,(H,21,22)/t15-,18-/m1/s1. The van der Waals surface area contributed by atoms with E-state index in [1.807, 2.05) is 51.1 Å². The first kappa shape index (κ1) is 16.8. The van der Waals surface area contributed by atoms with Crippen LogP contribution in [0.4, 0.5) is 4.79 Å². The molecule has 1 fully saturated rings. The van der Waals surface area contributed by atoms with E-state index in [2.05, 4.69) is 0 Å². The maximum absolute atomic E-state index is 11.9. The van der Waals surface area contributed by atoms with E-state index in [1.54, 1.807) is 0 Å². The number of benzene rings is 1. The molecule has 1 aromatic carbocycles. The third kappa shape index (κ3) is 2.98. The second kappa shape index (κ2) is 6.29. The first-order valence-electron chi connectivity index (χ1n) is 8.01. The van der Waals surface area contributed by atoms with Gasteiger partial charge in [0.25, 0.3) is 0 Å². The highest BCUT2D eigenvalue weighted by molar-refractivity contribution is 5.67. The maximum atomic E-state index is 11.9. The number of likely N-dealkylation sites (tertiary alicyclic amines) is 1. The molecule has 0 saturated carbocycles. The summed E-state index contributed by atoms with van der Waals surface area (Å²) < 4.78 is 0. The third-order valence-corrected chi connectivity index (χ3v) is 4.99. The zero-order valence-corrected chi connectivity index (χ0v) is 13.7. The molecule has 0 aliphatic carbocycles. The van der Waals surface area contributed by atoms with Crippen molar-refractivity contribution >= 4 is 6.09 Å². The van der Waals surface area contributed by atoms with Crippen molar-refractivity contribution < 1.29 is 15.0 Å². The van der Waals surface area contributed by atoms with Gasteiger partial charge in [0.2, 0.25) is 0 Å². The molecule has 4 heteroatoms. The minimum absolute atomic E-state index is 0.370. The lowest BCUT2D eigenvalue weighted by Crippen LogP contribution is -2.66. The first-order chi connectivity index (χ1) is 10.3. The number of carboxylic acid groups (broad SMARTS) is 1. The van der Waals surface area contributed by atoms with E-state index in [1.165, 1.54) is 4.90 Å². The molecule has 1 heterocycles. The van der Waals surface area contributed by atoms with E-state index in [-0.39, 0.29) is 5.41 Å². The van der Waals surface area contributed by atoms with Crippen molar-refractivity contribution in [2.45, 2.75) is 58.1 Å². The van der Waals surface area contributed by atoms with Crippen LogP contribution in [0.3, 0.4) is 0 Å². The van der Waals surface area contributed by atoms with Gasteiger partial charge in [-0.3, -0.25) is 4.90 Å². The number of aliphatic hydroxyl groups excluding tert-OH is 1. The summed E-state index contributed by atoms with van der Waals surface area (Å²) >= 11 is 0. The van der Waals surface area contributed by atoms with Gasteiger partial charge in [0.15, 0.2) is 0 Å². The molecule has 0 bridgehead atoms. The fourth-order valence-corrected chi connectivity index (χ4v) is 3.78. The topological polar surface area (TPSA) is 60.8 Å². The molecule has 0 aromatic heterocycles. The van der Waals surface area contributed by atoms with Gasteiger partial charge in [-0.2, -0.15) is 0 Å². The Morgan fingerprint density at radius 2 is 1.91 bits per heavy atom. The molecule has 1 aliphatic rings. The Morgan fingerprint density at radius 3 is 2.45 bits per heavy atom. The summed E-state index contributed by atoms with van der Waals surface area (Å²) in [6, 6.07) is 9.88. The van der Waals surface area contributed by atoms with Crippen LogP contribution in [0, 0.1) is 5.41 Å². The van der Waals surface area contributed by atoms with Crippen LogP contribution < -0.4 is 0 Å². The highest BCUT2D eigenvalue weighted by atomic mass is 16.4. The van der Waals surface area contributed by atoms with E-state index >= 15 is 0 Å². The maximum Gasteiger partial charge on any atom is 0.407 e. The average Bonchev–Trinajstić information content (AvgIpc) is 2.60. The molecule has 122 valence electrons.